The van der Waals surface area contributed by atoms with Gasteiger partial charge >= 0.3 is 0 Å². The lowest BCUT2D eigenvalue weighted by atomic mass is 9.96. The standard InChI is InChI=1S/C15H26N4O2/c1-2-6-19-7-8-20-13(11-19)15-17-14(21-18-15)9-12-4-3-5-16-10-12/h12-13,16H,2-11H2,1H3. The molecule has 2 aliphatic rings. The van der Waals surface area contributed by atoms with Crippen molar-refractivity contribution in [2.75, 3.05) is 39.3 Å². The van der Waals surface area contributed by atoms with Crippen molar-refractivity contribution in [3.63, 3.8) is 0 Å². The maximum Gasteiger partial charge on any atom is 0.227 e. The second-order valence-electron chi connectivity index (χ2n) is 6.12. The first kappa shape index (κ1) is 14.9. The Hall–Kier alpha value is -0.980. The molecular formula is C15H26N4O2. The molecule has 21 heavy (non-hydrogen) atoms. The number of piperidine rings is 1. The van der Waals surface area contributed by atoms with Gasteiger partial charge in [0.05, 0.1) is 6.61 Å². The van der Waals surface area contributed by atoms with Gasteiger partial charge in [-0.3, -0.25) is 4.90 Å². The van der Waals surface area contributed by atoms with Gasteiger partial charge in [0, 0.05) is 19.5 Å². The molecule has 2 unspecified atom stereocenters. The molecule has 3 heterocycles. The summed E-state index contributed by atoms with van der Waals surface area (Å²) in [5.41, 5.74) is 0. The molecule has 1 aromatic rings. The van der Waals surface area contributed by atoms with E-state index >= 15 is 0 Å². The number of ether oxygens (including phenoxy) is 1. The predicted octanol–water partition coefficient (Wildman–Crippen LogP) is 1.39. The van der Waals surface area contributed by atoms with Gasteiger partial charge in [-0.2, -0.15) is 4.98 Å². The smallest absolute Gasteiger partial charge is 0.227 e. The highest BCUT2D eigenvalue weighted by Crippen LogP contribution is 2.21. The van der Waals surface area contributed by atoms with Gasteiger partial charge in [-0.15, -0.1) is 0 Å². The molecule has 1 aromatic heterocycles. The van der Waals surface area contributed by atoms with Crippen LogP contribution in [0, 0.1) is 5.92 Å². The summed E-state index contributed by atoms with van der Waals surface area (Å²) in [6.07, 6.45) is 4.50. The fourth-order valence-electron chi connectivity index (χ4n) is 3.20. The first-order valence-electron chi connectivity index (χ1n) is 8.22. The van der Waals surface area contributed by atoms with Crippen molar-refractivity contribution in [1.82, 2.24) is 20.4 Å². The number of rotatable bonds is 5. The molecule has 118 valence electrons. The molecule has 0 radical (unpaired) electrons. The van der Waals surface area contributed by atoms with Gasteiger partial charge in [0.1, 0.15) is 6.10 Å². The average molecular weight is 294 g/mol. The second-order valence-corrected chi connectivity index (χ2v) is 6.12. The van der Waals surface area contributed by atoms with Crippen molar-refractivity contribution in [3.05, 3.63) is 11.7 Å². The summed E-state index contributed by atoms with van der Waals surface area (Å²) in [4.78, 5) is 6.98. The Morgan fingerprint density at radius 2 is 2.38 bits per heavy atom. The Morgan fingerprint density at radius 3 is 3.19 bits per heavy atom. The minimum Gasteiger partial charge on any atom is -0.367 e. The van der Waals surface area contributed by atoms with Gasteiger partial charge in [-0.05, 0) is 44.8 Å². The van der Waals surface area contributed by atoms with E-state index < -0.39 is 0 Å². The van der Waals surface area contributed by atoms with Gasteiger partial charge in [-0.25, -0.2) is 0 Å². The molecule has 0 aliphatic carbocycles. The monoisotopic (exact) mass is 294 g/mol. The molecule has 2 fully saturated rings. The van der Waals surface area contributed by atoms with Crippen LogP contribution in [0.2, 0.25) is 0 Å². The highest BCUT2D eigenvalue weighted by atomic mass is 16.5. The third-order valence-electron chi connectivity index (χ3n) is 4.32. The molecule has 0 spiro atoms. The van der Waals surface area contributed by atoms with Gasteiger partial charge in [0.15, 0.2) is 0 Å². The summed E-state index contributed by atoms with van der Waals surface area (Å²) in [5, 5.41) is 7.57. The Bertz CT molecular complexity index is 429. The van der Waals surface area contributed by atoms with Gasteiger partial charge in [0.25, 0.3) is 0 Å². The molecule has 2 saturated heterocycles. The largest absolute Gasteiger partial charge is 0.367 e. The number of aromatic nitrogens is 2. The van der Waals surface area contributed by atoms with E-state index in [-0.39, 0.29) is 6.10 Å². The Labute approximate surface area is 126 Å². The van der Waals surface area contributed by atoms with Crippen molar-refractivity contribution < 1.29 is 9.26 Å². The van der Waals surface area contributed by atoms with E-state index in [1.54, 1.807) is 0 Å². The fraction of sp³-hybridized carbons (Fsp3) is 0.867. The van der Waals surface area contributed by atoms with Crippen LogP contribution < -0.4 is 5.32 Å². The van der Waals surface area contributed by atoms with E-state index in [2.05, 4.69) is 27.3 Å². The summed E-state index contributed by atoms with van der Waals surface area (Å²) in [6, 6.07) is 0. The summed E-state index contributed by atoms with van der Waals surface area (Å²) in [5.74, 6) is 2.10. The molecule has 2 aliphatic heterocycles. The normalized spacial score (nSPS) is 27.9. The molecule has 2 atom stereocenters. The van der Waals surface area contributed by atoms with Crippen LogP contribution in [0.15, 0.2) is 4.52 Å². The summed E-state index contributed by atoms with van der Waals surface area (Å²) < 4.78 is 11.2. The number of hydrogen-bond acceptors (Lipinski definition) is 6. The van der Waals surface area contributed by atoms with Gasteiger partial charge in [0.2, 0.25) is 11.7 Å². The minimum atomic E-state index is -0.0349. The Morgan fingerprint density at radius 1 is 1.43 bits per heavy atom. The molecular weight excluding hydrogens is 268 g/mol. The zero-order valence-corrected chi connectivity index (χ0v) is 12.9. The fourth-order valence-corrected chi connectivity index (χ4v) is 3.20. The molecule has 0 aromatic carbocycles. The van der Waals surface area contributed by atoms with Gasteiger partial charge < -0.3 is 14.6 Å². The maximum absolute atomic E-state index is 5.80. The quantitative estimate of drug-likeness (QED) is 0.885. The van der Waals surface area contributed by atoms with Crippen LogP contribution in [0.3, 0.4) is 0 Å². The molecule has 0 bridgehead atoms. The Kier molecular flexibility index (Phi) is 5.22. The minimum absolute atomic E-state index is 0.0349. The number of nitrogens with zero attached hydrogens (tertiary/aromatic N) is 3. The van der Waals surface area contributed by atoms with Crippen molar-refractivity contribution in [3.8, 4) is 0 Å². The first-order valence-corrected chi connectivity index (χ1v) is 8.22. The van der Waals surface area contributed by atoms with Gasteiger partial charge in [-0.1, -0.05) is 12.1 Å². The molecule has 0 amide bonds. The molecule has 1 N–H and O–H groups in total. The van der Waals surface area contributed by atoms with E-state index in [0.29, 0.717) is 5.92 Å². The molecule has 3 rings (SSSR count). The zero-order valence-electron chi connectivity index (χ0n) is 12.9. The van der Waals surface area contributed by atoms with Crippen molar-refractivity contribution >= 4 is 0 Å². The predicted molar refractivity (Wildman–Crippen MR) is 79.0 cm³/mol. The zero-order chi connectivity index (χ0) is 14.5. The molecule has 0 saturated carbocycles. The topological polar surface area (TPSA) is 63.4 Å². The number of nitrogens with one attached hydrogen (secondary N) is 1. The average Bonchev–Trinajstić information content (AvgIpc) is 2.97. The summed E-state index contributed by atoms with van der Waals surface area (Å²) >= 11 is 0. The van der Waals surface area contributed by atoms with E-state index in [9.17, 15) is 0 Å². The van der Waals surface area contributed by atoms with E-state index in [1.165, 1.54) is 19.3 Å². The van der Waals surface area contributed by atoms with Crippen LogP contribution in [0.25, 0.3) is 0 Å². The van der Waals surface area contributed by atoms with Crippen molar-refractivity contribution in [1.29, 1.82) is 0 Å². The van der Waals surface area contributed by atoms with E-state index in [0.717, 1.165) is 57.5 Å². The van der Waals surface area contributed by atoms with Crippen molar-refractivity contribution in [2.24, 2.45) is 5.92 Å². The number of hydrogen-bond donors (Lipinski definition) is 1. The lowest BCUT2D eigenvalue weighted by Crippen LogP contribution is -2.39. The van der Waals surface area contributed by atoms with Crippen LogP contribution in [0.5, 0.6) is 0 Å². The highest BCUT2D eigenvalue weighted by Gasteiger charge is 2.26. The van der Waals surface area contributed by atoms with Crippen LogP contribution in [0.4, 0.5) is 0 Å². The first-order chi connectivity index (χ1) is 10.3. The summed E-state index contributed by atoms with van der Waals surface area (Å²) in [7, 11) is 0. The van der Waals surface area contributed by atoms with Crippen LogP contribution in [-0.2, 0) is 11.2 Å². The third kappa shape index (κ3) is 4.02. The molecule has 6 heteroatoms. The van der Waals surface area contributed by atoms with Crippen molar-refractivity contribution in [2.45, 2.75) is 38.7 Å². The maximum atomic E-state index is 5.80. The lowest BCUT2D eigenvalue weighted by molar-refractivity contribution is -0.0350. The van der Waals surface area contributed by atoms with E-state index in [4.69, 9.17) is 9.26 Å². The molecule has 6 nitrogen and oxygen atoms in total. The summed E-state index contributed by atoms with van der Waals surface area (Å²) in [6.45, 7) is 8.13. The lowest BCUT2D eigenvalue weighted by Gasteiger charge is -2.30. The van der Waals surface area contributed by atoms with Crippen LogP contribution >= 0.6 is 0 Å². The third-order valence-corrected chi connectivity index (χ3v) is 4.32. The second kappa shape index (κ2) is 7.33. The highest BCUT2D eigenvalue weighted by molar-refractivity contribution is 4.95. The Balaban J connectivity index is 1.56. The van der Waals surface area contributed by atoms with Crippen LogP contribution in [-0.4, -0.2) is 54.4 Å². The number of morpholine rings is 1. The van der Waals surface area contributed by atoms with Crippen LogP contribution in [0.1, 0.15) is 44.0 Å². The van der Waals surface area contributed by atoms with E-state index in [1.807, 2.05) is 0 Å². The SMILES string of the molecule is CCCN1CCOC(c2noc(CC3CCCNC3)n2)C1.